The topological polar surface area (TPSA) is 93.3 Å². The highest BCUT2D eigenvalue weighted by Gasteiger charge is 2.22. The molecule has 1 aromatic carbocycles. The molecule has 2 aromatic rings. The van der Waals surface area contributed by atoms with Gasteiger partial charge in [0, 0.05) is 18.9 Å². The number of benzene rings is 1. The van der Waals surface area contributed by atoms with Crippen molar-refractivity contribution < 1.29 is 14.5 Å². The zero-order chi connectivity index (χ0) is 20.6. The van der Waals surface area contributed by atoms with Crippen LogP contribution in [0, 0.1) is 0 Å². The van der Waals surface area contributed by atoms with Gasteiger partial charge in [-0.05, 0) is 19.4 Å². The van der Waals surface area contributed by atoms with Gasteiger partial charge in [-0.25, -0.2) is 4.79 Å². The maximum atomic E-state index is 12.1. The zero-order valence-electron chi connectivity index (χ0n) is 17.0. The number of likely N-dealkylation sites (tertiary alicyclic amines) is 1. The number of quaternary nitrogens is 1. The van der Waals surface area contributed by atoms with E-state index in [0.717, 1.165) is 31.0 Å². The van der Waals surface area contributed by atoms with Crippen LogP contribution in [-0.2, 0) is 17.9 Å². The van der Waals surface area contributed by atoms with Crippen molar-refractivity contribution in [2.45, 2.75) is 51.0 Å². The number of nitrogens with zero attached hydrogens (tertiary/aromatic N) is 3. The summed E-state index contributed by atoms with van der Waals surface area (Å²) in [6.45, 7) is 7.50. The highest BCUT2D eigenvalue weighted by Crippen LogP contribution is 2.18. The van der Waals surface area contributed by atoms with Gasteiger partial charge >= 0.3 is 6.03 Å². The fraction of sp³-hybridized carbons (Fsp3) is 0.500. The normalized spacial score (nSPS) is 14.3. The Bertz CT molecular complexity index is 818. The first kappa shape index (κ1) is 21.3. The average molecular weight is 418 g/mol. The molecule has 3 amide bonds. The Morgan fingerprint density at radius 2 is 1.90 bits per heavy atom. The molecule has 0 spiro atoms. The summed E-state index contributed by atoms with van der Waals surface area (Å²) in [5, 5.41) is 14.4. The molecule has 1 aliphatic rings. The standard InChI is InChI=1S/C20H28N6O2S/c1-15(2)21-19(28)22-18(27)14-29-20-24-23-17(13-25-10-6-7-11-25)26(20)12-16-8-4-3-5-9-16/h3-5,8-9,15H,6-7,10-14H2,1-2H3,(H2,21,22,27,28)/p+1. The molecule has 1 aromatic heterocycles. The van der Waals surface area contributed by atoms with Crippen LogP contribution in [0.5, 0.6) is 0 Å². The fourth-order valence-corrected chi connectivity index (χ4v) is 4.10. The van der Waals surface area contributed by atoms with Crippen molar-refractivity contribution in [3.05, 3.63) is 41.7 Å². The van der Waals surface area contributed by atoms with Gasteiger partial charge in [-0.1, -0.05) is 42.1 Å². The van der Waals surface area contributed by atoms with Gasteiger partial charge in [-0.3, -0.25) is 14.7 Å². The number of hydrogen-bond acceptors (Lipinski definition) is 5. The molecule has 1 fully saturated rings. The number of imide groups is 1. The van der Waals surface area contributed by atoms with Gasteiger partial charge < -0.3 is 10.2 Å². The smallest absolute Gasteiger partial charge is 0.321 e. The van der Waals surface area contributed by atoms with Crippen LogP contribution in [0.15, 0.2) is 35.5 Å². The summed E-state index contributed by atoms with van der Waals surface area (Å²) in [7, 11) is 0. The summed E-state index contributed by atoms with van der Waals surface area (Å²) in [6.07, 6.45) is 2.50. The van der Waals surface area contributed by atoms with Gasteiger partial charge in [-0.15, -0.1) is 10.2 Å². The number of urea groups is 1. The number of rotatable bonds is 8. The van der Waals surface area contributed by atoms with Crippen molar-refractivity contribution in [3.63, 3.8) is 0 Å². The van der Waals surface area contributed by atoms with Crippen molar-refractivity contribution in [1.82, 2.24) is 25.4 Å². The largest absolute Gasteiger partial charge is 0.336 e. The summed E-state index contributed by atoms with van der Waals surface area (Å²) in [4.78, 5) is 25.3. The van der Waals surface area contributed by atoms with Gasteiger partial charge in [-0.2, -0.15) is 0 Å². The molecule has 0 aliphatic carbocycles. The van der Waals surface area contributed by atoms with E-state index in [1.165, 1.54) is 29.5 Å². The summed E-state index contributed by atoms with van der Waals surface area (Å²) in [5.41, 5.74) is 1.16. The predicted molar refractivity (Wildman–Crippen MR) is 112 cm³/mol. The highest BCUT2D eigenvalue weighted by atomic mass is 32.2. The Morgan fingerprint density at radius 3 is 2.59 bits per heavy atom. The summed E-state index contributed by atoms with van der Waals surface area (Å²) < 4.78 is 2.09. The quantitative estimate of drug-likeness (QED) is 0.553. The van der Waals surface area contributed by atoms with E-state index < -0.39 is 6.03 Å². The van der Waals surface area contributed by atoms with Gasteiger partial charge in [0.15, 0.2) is 11.0 Å². The fourth-order valence-electron chi connectivity index (χ4n) is 3.35. The molecule has 8 nitrogen and oxygen atoms in total. The Labute approximate surface area is 175 Å². The van der Waals surface area contributed by atoms with Crippen molar-refractivity contribution >= 4 is 23.7 Å². The molecular weight excluding hydrogens is 388 g/mol. The lowest BCUT2D eigenvalue weighted by Crippen LogP contribution is -3.08. The van der Waals surface area contributed by atoms with Gasteiger partial charge in [0.1, 0.15) is 6.54 Å². The van der Waals surface area contributed by atoms with Crippen LogP contribution < -0.4 is 15.5 Å². The third-order valence-electron chi connectivity index (χ3n) is 4.70. The second-order valence-electron chi connectivity index (χ2n) is 7.57. The molecule has 0 radical (unpaired) electrons. The minimum Gasteiger partial charge on any atom is -0.336 e. The predicted octanol–water partition coefficient (Wildman–Crippen LogP) is 0.831. The van der Waals surface area contributed by atoms with Crippen molar-refractivity contribution in [1.29, 1.82) is 0 Å². The molecule has 3 N–H and O–H groups in total. The molecule has 156 valence electrons. The van der Waals surface area contributed by atoms with Crippen LogP contribution in [-0.4, -0.2) is 51.6 Å². The third-order valence-corrected chi connectivity index (χ3v) is 5.67. The maximum absolute atomic E-state index is 12.1. The molecule has 0 unspecified atom stereocenters. The third kappa shape index (κ3) is 6.57. The SMILES string of the molecule is CC(C)NC(=O)NC(=O)CSc1nnc(C[NH+]2CCCC2)n1Cc1ccccc1. The van der Waals surface area contributed by atoms with Crippen molar-refractivity contribution in [2.75, 3.05) is 18.8 Å². The molecule has 0 bridgehead atoms. The Hall–Kier alpha value is -2.39. The second kappa shape index (κ2) is 10.4. The minimum absolute atomic E-state index is 0.0277. The summed E-state index contributed by atoms with van der Waals surface area (Å²) in [5.74, 6) is 0.690. The Morgan fingerprint density at radius 1 is 1.17 bits per heavy atom. The van der Waals surface area contributed by atoms with Crippen LogP contribution >= 0.6 is 11.8 Å². The molecule has 1 saturated heterocycles. The second-order valence-corrected chi connectivity index (χ2v) is 8.51. The van der Waals surface area contributed by atoms with Crippen LogP contribution in [0.3, 0.4) is 0 Å². The van der Waals surface area contributed by atoms with Crippen LogP contribution in [0.2, 0.25) is 0 Å². The Kier molecular flexibility index (Phi) is 7.65. The first-order chi connectivity index (χ1) is 14.0. The van der Waals surface area contributed by atoms with Gasteiger partial charge in [0.2, 0.25) is 5.91 Å². The first-order valence-corrected chi connectivity index (χ1v) is 11.0. The first-order valence-electron chi connectivity index (χ1n) is 10.0. The van der Waals surface area contributed by atoms with E-state index in [1.807, 2.05) is 32.0 Å². The van der Waals surface area contributed by atoms with Crippen LogP contribution in [0.4, 0.5) is 4.79 Å². The number of carbonyl (C=O) groups is 2. The Balaban J connectivity index is 1.67. The lowest BCUT2D eigenvalue weighted by Gasteiger charge is -2.14. The van der Waals surface area contributed by atoms with Crippen molar-refractivity contribution in [2.24, 2.45) is 0 Å². The minimum atomic E-state index is -0.477. The van der Waals surface area contributed by atoms with Crippen LogP contribution in [0.25, 0.3) is 0 Å². The summed E-state index contributed by atoms with van der Waals surface area (Å²) >= 11 is 1.30. The van der Waals surface area contributed by atoms with Crippen molar-refractivity contribution in [3.8, 4) is 0 Å². The van der Waals surface area contributed by atoms with E-state index in [0.29, 0.717) is 11.7 Å². The molecule has 0 atom stereocenters. The highest BCUT2D eigenvalue weighted by molar-refractivity contribution is 7.99. The molecule has 3 rings (SSSR count). The van der Waals surface area contributed by atoms with E-state index in [2.05, 4.69) is 37.5 Å². The number of aromatic nitrogens is 3. The molecule has 1 aliphatic heterocycles. The number of hydrogen-bond donors (Lipinski definition) is 3. The number of amides is 3. The van der Waals surface area contributed by atoms with Gasteiger partial charge in [0.25, 0.3) is 0 Å². The molecular formula is C20H29N6O2S+. The average Bonchev–Trinajstić information content (AvgIpc) is 3.31. The maximum Gasteiger partial charge on any atom is 0.321 e. The van der Waals surface area contributed by atoms with E-state index in [-0.39, 0.29) is 17.7 Å². The van der Waals surface area contributed by atoms with E-state index in [9.17, 15) is 9.59 Å². The monoisotopic (exact) mass is 417 g/mol. The van der Waals surface area contributed by atoms with E-state index in [4.69, 9.17) is 0 Å². The molecule has 9 heteroatoms. The number of carbonyl (C=O) groups excluding carboxylic acids is 2. The van der Waals surface area contributed by atoms with E-state index >= 15 is 0 Å². The molecule has 2 heterocycles. The van der Waals surface area contributed by atoms with Gasteiger partial charge in [0.05, 0.1) is 25.4 Å². The lowest BCUT2D eigenvalue weighted by molar-refractivity contribution is -0.902. The zero-order valence-corrected chi connectivity index (χ0v) is 17.8. The number of thioether (sulfide) groups is 1. The van der Waals surface area contributed by atoms with Crippen LogP contribution in [0.1, 0.15) is 38.1 Å². The lowest BCUT2D eigenvalue weighted by atomic mass is 10.2. The number of nitrogens with one attached hydrogen (secondary N) is 3. The summed E-state index contributed by atoms with van der Waals surface area (Å²) in [6, 6.07) is 9.66. The molecule has 0 saturated carbocycles. The molecule has 29 heavy (non-hydrogen) atoms. The van der Waals surface area contributed by atoms with E-state index in [1.54, 1.807) is 0 Å².